The number of benzene rings is 2. The van der Waals surface area contributed by atoms with Crippen molar-refractivity contribution < 1.29 is 14.7 Å². The van der Waals surface area contributed by atoms with Crippen LogP contribution in [0.3, 0.4) is 0 Å². The average molecular weight is 421 g/mol. The molecule has 1 aliphatic heterocycles. The van der Waals surface area contributed by atoms with Crippen LogP contribution in [0.25, 0.3) is 16.5 Å². The molecule has 6 nitrogen and oxygen atoms in total. The molecule has 0 bridgehead atoms. The number of rotatable bonds is 4. The van der Waals surface area contributed by atoms with E-state index in [0.717, 1.165) is 10.8 Å². The number of aliphatic hydroxyl groups is 1. The SMILES string of the molecule is O=C1C(=O)N(Cc2ccccn2)C(c2cccnc2)/C1=C(/O)c1ccc2ccccc2c1. The van der Waals surface area contributed by atoms with Crippen molar-refractivity contribution in [1.82, 2.24) is 14.9 Å². The first-order valence-electron chi connectivity index (χ1n) is 10.2. The quantitative estimate of drug-likeness (QED) is 0.303. The van der Waals surface area contributed by atoms with Crippen molar-refractivity contribution in [2.45, 2.75) is 12.6 Å². The normalized spacial score (nSPS) is 17.8. The lowest BCUT2D eigenvalue weighted by Gasteiger charge is -2.24. The van der Waals surface area contributed by atoms with E-state index in [0.29, 0.717) is 16.8 Å². The molecule has 2 aromatic heterocycles. The molecule has 1 fully saturated rings. The minimum absolute atomic E-state index is 0.0502. The van der Waals surface area contributed by atoms with Gasteiger partial charge in [0.05, 0.1) is 23.9 Å². The van der Waals surface area contributed by atoms with E-state index in [1.165, 1.54) is 4.90 Å². The van der Waals surface area contributed by atoms with Gasteiger partial charge in [0.15, 0.2) is 0 Å². The molecule has 5 rings (SSSR count). The molecule has 1 amide bonds. The van der Waals surface area contributed by atoms with Crippen LogP contribution in [0.4, 0.5) is 0 Å². The zero-order chi connectivity index (χ0) is 22.1. The molecule has 4 aromatic rings. The van der Waals surface area contributed by atoms with E-state index in [1.54, 1.807) is 48.9 Å². The maximum absolute atomic E-state index is 13.1. The molecule has 156 valence electrons. The average Bonchev–Trinajstić information content (AvgIpc) is 3.09. The fourth-order valence-corrected chi connectivity index (χ4v) is 4.09. The monoisotopic (exact) mass is 421 g/mol. The van der Waals surface area contributed by atoms with Crippen LogP contribution in [0.15, 0.2) is 97.0 Å². The maximum atomic E-state index is 13.1. The highest BCUT2D eigenvalue weighted by Crippen LogP contribution is 2.40. The van der Waals surface area contributed by atoms with E-state index in [4.69, 9.17) is 0 Å². The lowest BCUT2D eigenvalue weighted by atomic mass is 9.95. The van der Waals surface area contributed by atoms with Crippen LogP contribution in [-0.4, -0.2) is 31.7 Å². The molecule has 3 heterocycles. The number of likely N-dealkylation sites (tertiary alicyclic amines) is 1. The van der Waals surface area contributed by atoms with Crippen LogP contribution >= 0.6 is 0 Å². The second kappa shape index (κ2) is 8.07. The number of carbonyl (C=O) groups excluding carboxylic acids is 2. The van der Waals surface area contributed by atoms with Crippen LogP contribution in [0.5, 0.6) is 0 Å². The summed E-state index contributed by atoms with van der Waals surface area (Å²) in [5.41, 5.74) is 1.82. The van der Waals surface area contributed by atoms with Gasteiger partial charge in [0.1, 0.15) is 5.76 Å². The number of aromatic nitrogens is 2. The largest absolute Gasteiger partial charge is 0.507 e. The molecule has 2 aromatic carbocycles. The van der Waals surface area contributed by atoms with Gasteiger partial charge in [0, 0.05) is 24.2 Å². The molecule has 0 aliphatic carbocycles. The number of hydrogen-bond donors (Lipinski definition) is 1. The van der Waals surface area contributed by atoms with Gasteiger partial charge < -0.3 is 10.0 Å². The Morgan fingerprint density at radius 3 is 2.47 bits per heavy atom. The third-order valence-corrected chi connectivity index (χ3v) is 5.62. The Morgan fingerprint density at radius 2 is 1.72 bits per heavy atom. The third kappa shape index (κ3) is 3.41. The number of aliphatic hydroxyl groups excluding tert-OH is 1. The summed E-state index contributed by atoms with van der Waals surface area (Å²) in [5, 5.41) is 13.2. The maximum Gasteiger partial charge on any atom is 0.296 e. The fourth-order valence-electron chi connectivity index (χ4n) is 4.09. The Hall–Kier alpha value is -4.32. The molecule has 1 unspecified atom stereocenters. The standard InChI is InChI=1S/C26H19N3O3/c30-24(19-11-10-17-6-1-2-7-18(17)14-19)22-23(20-8-5-12-27-15-20)29(26(32)25(22)31)16-21-9-3-4-13-28-21/h1-15,23,30H,16H2/b24-22-. The Balaban J connectivity index is 1.66. The predicted octanol–water partition coefficient (Wildman–Crippen LogP) is 4.25. The molecule has 0 radical (unpaired) electrons. The highest BCUT2D eigenvalue weighted by molar-refractivity contribution is 6.46. The summed E-state index contributed by atoms with van der Waals surface area (Å²) >= 11 is 0. The van der Waals surface area contributed by atoms with Crippen molar-refractivity contribution in [3.8, 4) is 0 Å². The lowest BCUT2D eigenvalue weighted by molar-refractivity contribution is -0.140. The number of nitrogens with zero attached hydrogens (tertiary/aromatic N) is 3. The van der Waals surface area contributed by atoms with E-state index >= 15 is 0 Å². The van der Waals surface area contributed by atoms with Crippen molar-refractivity contribution in [3.63, 3.8) is 0 Å². The highest BCUT2D eigenvalue weighted by atomic mass is 16.3. The molecule has 1 saturated heterocycles. The summed E-state index contributed by atoms with van der Waals surface area (Å²) in [6.45, 7) is 0.138. The molecule has 32 heavy (non-hydrogen) atoms. The third-order valence-electron chi connectivity index (χ3n) is 5.62. The highest BCUT2D eigenvalue weighted by Gasteiger charge is 2.46. The van der Waals surface area contributed by atoms with E-state index in [9.17, 15) is 14.7 Å². The Kier molecular flexibility index (Phi) is 4.95. The Bertz CT molecular complexity index is 1350. The molecular weight excluding hydrogens is 402 g/mol. The van der Waals surface area contributed by atoms with Crippen LogP contribution in [0.2, 0.25) is 0 Å². The summed E-state index contributed by atoms with van der Waals surface area (Å²) in [6.07, 6.45) is 4.87. The van der Waals surface area contributed by atoms with Gasteiger partial charge in [-0.3, -0.25) is 19.6 Å². The predicted molar refractivity (Wildman–Crippen MR) is 120 cm³/mol. The van der Waals surface area contributed by atoms with Gasteiger partial charge in [-0.15, -0.1) is 0 Å². The number of carbonyl (C=O) groups is 2. The molecule has 1 atom stereocenters. The second-order valence-electron chi connectivity index (χ2n) is 7.60. The molecule has 6 heteroatoms. The number of ketones is 1. The van der Waals surface area contributed by atoms with Gasteiger partial charge in [-0.1, -0.05) is 48.5 Å². The number of amides is 1. The first-order valence-corrected chi connectivity index (χ1v) is 10.2. The molecule has 0 spiro atoms. The molecular formula is C26H19N3O3. The Labute approximate surface area is 184 Å². The van der Waals surface area contributed by atoms with Gasteiger partial charge in [-0.2, -0.15) is 0 Å². The summed E-state index contributed by atoms with van der Waals surface area (Å²) in [6, 6.07) is 21.4. The fraction of sp³-hybridized carbons (Fsp3) is 0.0769. The van der Waals surface area contributed by atoms with Crippen molar-refractivity contribution in [1.29, 1.82) is 0 Å². The second-order valence-corrected chi connectivity index (χ2v) is 7.60. The van der Waals surface area contributed by atoms with Gasteiger partial charge in [0.25, 0.3) is 11.7 Å². The Morgan fingerprint density at radius 1 is 0.906 bits per heavy atom. The smallest absolute Gasteiger partial charge is 0.296 e. The summed E-state index contributed by atoms with van der Waals surface area (Å²) in [4.78, 5) is 36.0. The van der Waals surface area contributed by atoms with Crippen LogP contribution in [-0.2, 0) is 16.1 Å². The van der Waals surface area contributed by atoms with Gasteiger partial charge in [-0.25, -0.2) is 0 Å². The van der Waals surface area contributed by atoms with E-state index < -0.39 is 17.7 Å². The number of hydrogen-bond acceptors (Lipinski definition) is 5. The van der Waals surface area contributed by atoms with Crippen molar-refractivity contribution in [2.24, 2.45) is 0 Å². The van der Waals surface area contributed by atoms with Crippen molar-refractivity contribution in [3.05, 3.63) is 114 Å². The first-order chi connectivity index (χ1) is 15.6. The minimum atomic E-state index is -0.767. The van der Waals surface area contributed by atoms with Crippen LogP contribution in [0, 0.1) is 0 Å². The zero-order valence-corrected chi connectivity index (χ0v) is 17.1. The number of Topliss-reactive ketones (excluding diaryl/α,β-unsaturated/α-hetero) is 1. The minimum Gasteiger partial charge on any atom is -0.507 e. The number of fused-ring (bicyclic) bond motifs is 1. The van der Waals surface area contributed by atoms with E-state index in [-0.39, 0.29) is 17.9 Å². The summed E-state index contributed by atoms with van der Waals surface area (Å²) in [5.74, 6) is -1.60. The molecule has 1 N–H and O–H groups in total. The lowest BCUT2D eigenvalue weighted by Crippen LogP contribution is -2.29. The van der Waals surface area contributed by atoms with E-state index in [1.807, 2.05) is 42.5 Å². The van der Waals surface area contributed by atoms with Crippen LogP contribution < -0.4 is 0 Å². The topological polar surface area (TPSA) is 83.4 Å². The molecule has 0 saturated carbocycles. The van der Waals surface area contributed by atoms with Crippen molar-refractivity contribution >= 4 is 28.2 Å². The van der Waals surface area contributed by atoms with Gasteiger partial charge >= 0.3 is 0 Å². The van der Waals surface area contributed by atoms with Gasteiger partial charge in [0.2, 0.25) is 0 Å². The zero-order valence-electron chi connectivity index (χ0n) is 17.1. The first kappa shape index (κ1) is 19.6. The molecule has 1 aliphatic rings. The summed E-state index contributed by atoms with van der Waals surface area (Å²) in [7, 11) is 0. The van der Waals surface area contributed by atoms with Crippen molar-refractivity contribution in [2.75, 3.05) is 0 Å². The van der Waals surface area contributed by atoms with E-state index in [2.05, 4.69) is 9.97 Å². The summed E-state index contributed by atoms with van der Waals surface area (Å²) < 4.78 is 0. The van der Waals surface area contributed by atoms with Gasteiger partial charge in [-0.05, 0) is 40.6 Å². The number of pyridine rings is 2. The van der Waals surface area contributed by atoms with Crippen LogP contribution in [0.1, 0.15) is 22.9 Å².